The molecule has 0 spiro atoms. The van der Waals surface area contributed by atoms with Crippen molar-refractivity contribution in [1.82, 2.24) is 10.3 Å². The Hall–Kier alpha value is -1.10. The van der Waals surface area contributed by atoms with Gasteiger partial charge >= 0.3 is 0 Å². The molecule has 0 aliphatic rings. The van der Waals surface area contributed by atoms with Crippen LogP contribution in [0, 0.1) is 0 Å². The Labute approximate surface area is 125 Å². The lowest BCUT2D eigenvalue weighted by molar-refractivity contribution is 0.0946. The molecule has 19 heavy (non-hydrogen) atoms. The highest BCUT2D eigenvalue weighted by atomic mass is 35.5. The highest BCUT2D eigenvalue weighted by molar-refractivity contribution is 7.10. The van der Waals surface area contributed by atoms with Crippen LogP contribution in [0.4, 0.5) is 0 Å². The third kappa shape index (κ3) is 3.47. The molecule has 1 amide bonds. The van der Waals surface area contributed by atoms with Crippen LogP contribution in [0.5, 0.6) is 0 Å². The fraction of sp³-hybridized carbons (Fsp3) is 0.231. The largest absolute Gasteiger partial charge is 0.346 e. The monoisotopic (exact) mass is 314 g/mol. The van der Waals surface area contributed by atoms with E-state index in [-0.39, 0.29) is 16.8 Å². The second kappa shape index (κ2) is 6.37. The molecule has 1 N–H and O–H groups in total. The van der Waals surface area contributed by atoms with Crippen LogP contribution in [0.2, 0.25) is 10.2 Å². The van der Waals surface area contributed by atoms with Crippen LogP contribution < -0.4 is 5.32 Å². The molecule has 0 unspecified atom stereocenters. The normalized spacial score (nSPS) is 10.5. The van der Waals surface area contributed by atoms with Gasteiger partial charge in [-0.1, -0.05) is 30.1 Å². The van der Waals surface area contributed by atoms with Crippen molar-refractivity contribution in [2.75, 3.05) is 0 Å². The topological polar surface area (TPSA) is 42.0 Å². The number of thiophene rings is 1. The number of carbonyl (C=O) groups excluding carboxylic acids is 1. The second-order valence-electron chi connectivity index (χ2n) is 3.87. The number of rotatable bonds is 4. The molecule has 2 aromatic heterocycles. The van der Waals surface area contributed by atoms with Crippen molar-refractivity contribution in [3.63, 3.8) is 0 Å². The Morgan fingerprint density at radius 1 is 1.37 bits per heavy atom. The first-order chi connectivity index (χ1) is 9.11. The predicted molar refractivity (Wildman–Crippen MR) is 79.1 cm³/mol. The van der Waals surface area contributed by atoms with Crippen molar-refractivity contribution in [2.24, 2.45) is 0 Å². The molecule has 0 bridgehead atoms. The van der Waals surface area contributed by atoms with Gasteiger partial charge in [0.05, 0.1) is 11.6 Å². The van der Waals surface area contributed by atoms with Crippen LogP contribution in [0.3, 0.4) is 0 Å². The van der Waals surface area contributed by atoms with E-state index in [1.54, 1.807) is 23.5 Å². The van der Waals surface area contributed by atoms with Gasteiger partial charge in [0.15, 0.2) is 0 Å². The van der Waals surface area contributed by atoms with Gasteiger partial charge in [0.2, 0.25) is 0 Å². The fourth-order valence-electron chi connectivity index (χ4n) is 1.66. The van der Waals surface area contributed by atoms with Gasteiger partial charge in [0.25, 0.3) is 5.91 Å². The summed E-state index contributed by atoms with van der Waals surface area (Å²) < 4.78 is 0. The van der Waals surface area contributed by atoms with Gasteiger partial charge in [-0.25, -0.2) is 4.98 Å². The van der Waals surface area contributed by atoms with E-state index in [1.165, 1.54) is 5.56 Å². The highest BCUT2D eigenvalue weighted by Gasteiger charge is 2.13. The summed E-state index contributed by atoms with van der Waals surface area (Å²) >= 11 is 13.3. The summed E-state index contributed by atoms with van der Waals surface area (Å²) in [4.78, 5) is 17.1. The average molecular weight is 315 g/mol. The van der Waals surface area contributed by atoms with Gasteiger partial charge in [-0.15, -0.1) is 11.3 Å². The van der Waals surface area contributed by atoms with Crippen molar-refractivity contribution < 1.29 is 4.79 Å². The Morgan fingerprint density at radius 3 is 2.89 bits per heavy atom. The maximum atomic E-state index is 12.0. The van der Waals surface area contributed by atoms with Crippen LogP contribution in [-0.2, 0) is 13.0 Å². The first kappa shape index (κ1) is 14.3. The Kier molecular flexibility index (Phi) is 4.80. The van der Waals surface area contributed by atoms with Gasteiger partial charge in [0, 0.05) is 4.88 Å². The molecule has 0 atom stereocenters. The molecule has 0 saturated carbocycles. The van der Waals surface area contributed by atoms with Crippen LogP contribution in [0.1, 0.15) is 27.9 Å². The van der Waals surface area contributed by atoms with E-state index < -0.39 is 0 Å². The molecule has 6 heteroatoms. The van der Waals surface area contributed by atoms with E-state index in [0.717, 1.165) is 11.3 Å². The average Bonchev–Trinajstić information content (AvgIpc) is 2.86. The van der Waals surface area contributed by atoms with Crippen molar-refractivity contribution in [3.05, 3.63) is 49.9 Å². The molecule has 2 heterocycles. The SMILES string of the molecule is CCc1ccsc1CNC(=O)c1nc(Cl)ccc1Cl. The Balaban J connectivity index is 2.07. The number of pyridine rings is 1. The van der Waals surface area contributed by atoms with Crippen LogP contribution in [-0.4, -0.2) is 10.9 Å². The quantitative estimate of drug-likeness (QED) is 0.868. The lowest BCUT2D eigenvalue weighted by Crippen LogP contribution is -2.24. The molecule has 0 aliphatic carbocycles. The standard InChI is InChI=1S/C13H12Cl2N2OS/c1-2-8-5-6-19-10(8)7-16-13(18)12-9(14)3-4-11(15)17-12/h3-6H,2,7H2,1H3,(H,16,18). The van der Waals surface area contributed by atoms with E-state index in [1.807, 2.05) is 5.38 Å². The van der Waals surface area contributed by atoms with Gasteiger partial charge in [0.1, 0.15) is 10.8 Å². The van der Waals surface area contributed by atoms with Crippen molar-refractivity contribution >= 4 is 40.4 Å². The molecular formula is C13H12Cl2N2OS. The molecule has 0 fully saturated rings. The summed E-state index contributed by atoms with van der Waals surface area (Å²) in [5, 5.41) is 5.37. The molecule has 0 saturated heterocycles. The number of halogens is 2. The zero-order valence-corrected chi connectivity index (χ0v) is 12.6. The van der Waals surface area contributed by atoms with Crippen LogP contribution >= 0.6 is 34.5 Å². The lowest BCUT2D eigenvalue weighted by atomic mass is 10.2. The van der Waals surface area contributed by atoms with Crippen molar-refractivity contribution in [3.8, 4) is 0 Å². The van der Waals surface area contributed by atoms with Gasteiger partial charge in [-0.3, -0.25) is 4.79 Å². The highest BCUT2D eigenvalue weighted by Crippen LogP contribution is 2.19. The summed E-state index contributed by atoms with van der Waals surface area (Å²) in [6, 6.07) is 5.18. The van der Waals surface area contributed by atoms with E-state index in [2.05, 4.69) is 23.3 Å². The van der Waals surface area contributed by atoms with Crippen LogP contribution in [0.25, 0.3) is 0 Å². The molecule has 2 rings (SSSR count). The molecule has 2 aromatic rings. The second-order valence-corrected chi connectivity index (χ2v) is 5.66. The summed E-state index contributed by atoms with van der Waals surface area (Å²) in [5.41, 5.74) is 1.40. The third-order valence-corrected chi connectivity index (χ3v) is 4.13. The van der Waals surface area contributed by atoms with Gasteiger partial charge in [-0.2, -0.15) is 0 Å². The number of aryl methyl sites for hydroxylation is 1. The summed E-state index contributed by atoms with van der Waals surface area (Å²) in [7, 11) is 0. The van der Waals surface area contributed by atoms with Crippen molar-refractivity contribution in [2.45, 2.75) is 19.9 Å². The first-order valence-corrected chi connectivity index (χ1v) is 7.41. The minimum atomic E-state index is -0.317. The van der Waals surface area contributed by atoms with E-state index in [9.17, 15) is 4.79 Å². The number of hydrogen-bond donors (Lipinski definition) is 1. The van der Waals surface area contributed by atoms with Crippen LogP contribution in [0.15, 0.2) is 23.6 Å². The van der Waals surface area contributed by atoms with E-state index >= 15 is 0 Å². The van der Waals surface area contributed by atoms with Crippen molar-refractivity contribution in [1.29, 1.82) is 0 Å². The predicted octanol–water partition coefficient (Wildman–Crippen LogP) is 3.94. The number of nitrogens with one attached hydrogen (secondary N) is 1. The van der Waals surface area contributed by atoms with Gasteiger partial charge < -0.3 is 5.32 Å². The minimum Gasteiger partial charge on any atom is -0.346 e. The Morgan fingerprint density at radius 2 is 2.16 bits per heavy atom. The van der Waals surface area contributed by atoms with Gasteiger partial charge in [-0.05, 0) is 35.6 Å². The maximum Gasteiger partial charge on any atom is 0.271 e. The maximum absolute atomic E-state index is 12.0. The zero-order valence-electron chi connectivity index (χ0n) is 10.2. The molecule has 0 radical (unpaired) electrons. The molecule has 0 aliphatic heterocycles. The summed E-state index contributed by atoms with van der Waals surface area (Å²) in [5.74, 6) is -0.317. The summed E-state index contributed by atoms with van der Waals surface area (Å²) in [6.07, 6.45) is 0.949. The number of amides is 1. The number of hydrogen-bond acceptors (Lipinski definition) is 3. The number of carbonyl (C=O) groups is 1. The zero-order chi connectivity index (χ0) is 13.8. The summed E-state index contributed by atoms with van der Waals surface area (Å²) in [6.45, 7) is 2.56. The minimum absolute atomic E-state index is 0.156. The first-order valence-electron chi connectivity index (χ1n) is 5.77. The number of nitrogens with zero attached hydrogens (tertiary/aromatic N) is 1. The third-order valence-electron chi connectivity index (χ3n) is 2.66. The molecular weight excluding hydrogens is 303 g/mol. The Bertz CT molecular complexity index is 598. The molecule has 3 nitrogen and oxygen atoms in total. The number of aromatic nitrogens is 1. The fourth-order valence-corrected chi connectivity index (χ4v) is 2.91. The smallest absolute Gasteiger partial charge is 0.271 e. The molecule has 0 aromatic carbocycles. The van der Waals surface area contributed by atoms with E-state index in [0.29, 0.717) is 11.6 Å². The molecule has 100 valence electrons. The lowest BCUT2D eigenvalue weighted by Gasteiger charge is -2.06. The van der Waals surface area contributed by atoms with E-state index in [4.69, 9.17) is 23.2 Å².